The van der Waals surface area contributed by atoms with Crippen molar-refractivity contribution in [3.8, 4) is 0 Å². The van der Waals surface area contributed by atoms with Gasteiger partial charge in [0.25, 0.3) is 0 Å². The fourth-order valence-electron chi connectivity index (χ4n) is 2.44. The van der Waals surface area contributed by atoms with Crippen molar-refractivity contribution in [1.29, 1.82) is 0 Å². The topological polar surface area (TPSA) is 94.8 Å². The predicted octanol–water partition coefficient (Wildman–Crippen LogP) is 1.90. The Labute approximate surface area is 138 Å². The lowest BCUT2D eigenvalue weighted by Gasteiger charge is -2.30. The van der Waals surface area contributed by atoms with E-state index in [1.807, 2.05) is 41.1 Å². The maximum Gasteiger partial charge on any atom is 0.332 e. The van der Waals surface area contributed by atoms with Crippen LogP contribution in [-0.2, 0) is 9.59 Å². The zero-order valence-electron chi connectivity index (χ0n) is 15.0. The molecule has 0 aromatic rings. The number of aliphatic carboxylic acids is 2. The maximum atomic E-state index is 11.6. The average Bonchev–Trinajstić information content (AvgIpc) is 2.31. The van der Waals surface area contributed by atoms with E-state index >= 15 is 0 Å². The summed E-state index contributed by atoms with van der Waals surface area (Å²) in [5.74, 6) is -4.03. The number of rotatable bonds is 9. The van der Waals surface area contributed by atoms with Gasteiger partial charge in [0.05, 0.1) is 26.7 Å². The summed E-state index contributed by atoms with van der Waals surface area (Å²) in [5, 5.41) is 29.2. The normalized spacial score (nSPS) is 15.4. The lowest BCUT2D eigenvalue weighted by atomic mass is 9.87. The summed E-state index contributed by atoms with van der Waals surface area (Å²) >= 11 is 0. The minimum atomic E-state index is -1.43. The van der Waals surface area contributed by atoms with Crippen molar-refractivity contribution >= 4 is 11.9 Å². The summed E-state index contributed by atoms with van der Waals surface area (Å²) in [4.78, 5) is 23.2. The highest BCUT2D eigenvalue weighted by molar-refractivity contribution is 5.94. The van der Waals surface area contributed by atoms with Crippen LogP contribution < -0.4 is 0 Å². The van der Waals surface area contributed by atoms with Crippen LogP contribution in [0.5, 0.6) is 0 Å². The molecule has 0 fully saturated rings. The molecule has 0 aliphatic heterocycles. The number of carboxylic acids is 2. The summed E-state index contributed by atoms with van der Waals surface area (Å²) < 4.78 is 0.342. The fourth-order valence-corrected chi connectivity index (χ4v) is 2.44. The average molecular weight is 328 g/mol. The van der Waals surface area contributed by atoms with Gasteiger partial charge in [-0.2, -0.15) is 0 Å². The van der Waals surface area contributed by atoms with Crippen LogP contribution in [0.4, 0.5) is 0 Å². The highest BCUT2D eigenvalue weighted by Gasteiger charge is 2.37. The van der Waals surface area contributed by atoms with E-state index in [9.17, 15) is 24.9 Å². The van der Waals surface area contributed by atoms with Crippen LogP contribution in [0.2, 0.25) is 0 Å². The third-order valence-corrected chi connectivity index (χ3v) is 3.46. The van der Waals surface area contributed by atoms with Crippen molar-refractivity contribution < 1.29 is 29.4 Å². The van der Waals surface area contributed by atoms with Gasteiger partial charge >= 0.3 is 11.9 Å². The van der Waals surface area contributed by atoms with Gasteiger partial charge in [0.15, 0.2) is 0 Å². The second kappa shape index (κ2) is 8.84. The Morgan fingerprint density at radius 1 is 1.09 bits per heavy atom. The SMILES string of the molecule is CC(C)=CCC/C(C)=C(/C(=O)O)C(C(=O)O)C(O)C[N+](C)(C)C. The molecule has 6 heteroatoms. The smallest absolute Gasteiger partial charge is 0.332 e. The van der Waals surface area contributed by atoms with Crippen molar-refractivity contribution in [2.45, 2.75) is 39.7 Å². The summed E-state index contributed by atoms with van der Waals surface area (Å²) in [6, 6.07) is 0. The molecule has 0 aromatic heterocycles. The van der Waals surface area contributed by atoms with Crippen LogP contribution in [0.15, 0.2) is 22.8 Å². The number of allylic oxidation sites excluding steroid dienone is 3. The Kier molecular flexibility index (Phi) is 8.20. The third kappa shape index (κ3) is 7.95. The van der Waals surface area contributed by atoms with Crippen LogP contribution in [0.1, 0.15) is 33.6 Å². The van der Waals surface area contributed by atoms with Crippen LogP contribution in [0, 0.1) is 5.92 Å². The van der Waals surface area contributed by atoms with E-state index in [4.69, 9.17) is 0 Å². The van der Waals surface area contributed by atoms with Gasteiger partial charge in [-0.05, 0) is 33.6 Å². The van der Waals surface area contributed by atoms with Gasteiger partial charge in [-0.25, -0.2) is 4.79 Å². The zero-order valence-corrected chi connectivity index (χ0v) is 15.0. The van der Waals surface area contributed by atoms with Crippen molar-refractivity contribution in [2.75, 3.05) is 27.7 Å². The molecule has 0 heterocycles. The first-order valence-electron chi connectivity index (χ1n) is 7.64. The van der Waals surface area contributed by atoms with Gasteiger partial charge in [0.1, 0.15) is 18.6 Å². The first kappa shape index (κ1) is 21.3. The molecule has 0 aliphatic rings. The Hall–Kier alpha value is -1.66. The van der Waals surface area contributed by atoms with Crippen LogP contribution >= 0.6 is 0 Å². The van der Waals surface area contributed by atoms with Gasteiger partial charge in [-0.1, -0.05) is 17.2 Å². The molecule has 132 valence electrons. The van der Waals surface area contributed by atoms with Crippen molar-refractivity contribution in [1.82, 2.24) is 0 Å². The molecule has 0 bridgehead atoms. The van der Waals surface area contributed by atoms with Crippen LogP contribution in [-0.4, -0.2) is 65.5 Å². The minimum Gasteiger partial charge on any atom is -0.481 e. The molecule has 0 saturated heterocycles. The third-order valence-electron chi connectivity index (χ3n) is 3.46. The number of nitrogens with zero attached hydrogens (tertiary/aromatic N) is 1. The van der Waals surface area contributed by atoms with E-state index in [1.54, 1.807) is 6.92 Å². The van der Waals surface area contributed by atoms with Gasteiger partial charge in [-0.15, -0.1) is 0 Å². The largest absolute Gasteiger partial charge is 0.481 e. The zero-order chi connectivity index (χ0) is 18.4. The van der Waals surface area contributed by atoms with Gasteiger partial charge in [0.2, 0.25) is 0 Å². The molecule has 0 spiro atoms. The molecular weight excluding hydrogens is 298 g/mol. The van der Waals surface area contributed by atoms with E-state index in [-0.39, 0.29) is 12.1 Å². The van der Waals surface area contributed by atoms with Crippen molar-refractivity contribution in [3.05, 3.63) is 22.8 Å². The second-order valence-corrected chi connectivity index (χ2v) is 7.18. The molecule has 2 unspecified atom stereocenters. The van der Waals surface area contributed by atoms with E-state index in [0.29, 0.717) is 22.9 Å². The highest BCUT2D eigenvalue weighted by Crippen LogP contribution is 2.24. The molecular formula is C17H30NO5+. The molecule has 2 atom stereocenters. The number of likely N-dealkylation sites (N-methyl/N-ethyl adjacent to an activating group) is 1. The summed E-state index contributed by atoms with van der Waals surface area (Å²) in [6.45, 7) is 5.66. The number of carbonyl (C=O) groups is 2. The molecule has 0 amide bonds. The standard InChI is InChI=1S/C17H29NO5/c1-11(2)8-7-9-12(3)14(16(20)21)15(17(22)23)13(19)10-18(4,5)6/h8,13,15,19H,7,9-10H2,1-6H3,(H-,20,21,22,23)/p+1/b14-12+. The quantitative estimate of drug-likeness (QED) is 0.341. The molecule has 6 nitrogen and oxygen atoms in total. The van der Waals surface area contributed by atoms with Gasteiger partial charge < -0.3 is 19.8 Å². The molecule has 0 saturated carbocycles. The monoisotopic (exact) mass is 328 g/mol. The number of aliphatic hydroxyl groups excluding tert-OH is 1. The Morgan fingerprint density at radius 3 is 1.96 bits per heavy atom. The van der Waals surface area contributed by atoms with Crippen LogP contribution in [0.3, 0.4) is 0 Å². The minimum absolute atomic E-state index is 0.148. The predicted molar refractivity (Wildman–Crippen MR) is 89.0 cm³/mol. The number of carboxylic acid groups (broad SMARTS) is 2. The van der Waals surface area contributed by atoms with E-state index < -0.39 is 24.0 Å². The number of hydrogen-bond acceptors (Lipinski definition) is 3. The van der Waals surface area contributed by atoms with E-state index in [0.717, 1.165) is 5.57 Å². The summed E-state index contributed by atoms with van der Waals surface area (Å²) in [5.41, 5.74) is 1.40. The van der Waals surface area contributed by atoms with Crippen LogP contribution in [0.25, 0.3) is 0 Å². The fraction of sp³-hybridized carbons (Fsp3) is 0.647. The number of aliphatic hydroxyl groups is 1. The molecule has 0 aliphatic carbocycles. The first-order chi connectivity index (χ1) is 10.4. The van der Waals surface area contributed by atoms with Gasteiger partial charge in [0, 0.05) is 0 Å². The summed E-state index contributed by atoms with van der Waals surface area (Å²) in [7, 11) is 5.44. The number of hydrogen-bond donors (Lipinski definition) is 3. The Morgan fingerprint density at radius 2 is 1.61 bits per heavy atom. The molecule has 23 heavy (non-hydrogen) atoms. The molecule has 0 aromatic carbocycles. The van der Waals surface area contributed by atoms with E-state index in [2.05, 4.69) is 0 Å². The van der Waals surface area contributed by atoms with Crippen molar-refractivity contribution in [3.63, 3.8) is 0 Å². The van der Waals surface area contributed by atoms with E-state index in [1.165, 1.54) is 0 Å². The highest BCUT2D eigenvalue weighted by atomic mass is 16.4. The summed E-state index contributed by atoms with van der Waals surface area (Å²) in [6.07, 6.45) is 1.80. The first-order valence-corrected chi connectivity index (χ1v) is 7.64. The lowest BCUT2D eigenvalue weighted by Crippen LogP contribution is -2.47. The number of quaternary nitrogens is 1. The Balaban J connectivity index is 5.60. The Bertz CT molecular complexity index is 496. The lowest BCUT2D eigenvalue weighted by molar-refractivity contribution is -0.873. The second-order valence-electron chi connectivity index (χ2n) is 7.18. The molecule has 0 radical (unpaired) electrons. The van der Waals surface area contributed by atoms with Crippen molar-refractivity contribution in [2.24, 2.45) is 5.92 Å². The molecule has 3 N–H and O–H groups in total. The molecule has 0 rings (SSSR count). The van der Waals surface area contributed by atoms with Gasteiger partial charge in [-0.3, -0.25) is 4.79 Å². The maximum absolute atomic E-state index is 11.6.